The van der Waals surface area contributed by atoms with Crippen LogP contribution in [0.2, 0.25) is 5.02 Å². The number of carbonyl (C=O) groups is 4. The Hall–Kier alpha value is -6.61. The minimum atomic E-state index is -1.67. The number of rotatable bonds is 8. The highest BCUT2D eigenvalue weighted by molar-refractivity contribution is 6.32. The molecule has 16 heteroatoms. The number of amides is 4. The molecular weight excluding hydrogens is 758 g/mol. The second-order valence-electron chi connectivity index (χ2n) is 14.7. The van der Waals surface area contributed by atoms with Gasteiger partial charge in [-0.1, -0.05) is 71.8 Å². The average molecular weight is 792 g/mol. The first-order chi connectivity index (χ1) is 27.2. The number of hydrogen-bond donors (Lipinski definition) is 1. The highest BCUT2D eigenvalue weighted by atomic mass is 35.5. The van der Waals surface area contributed by atoms with Crippen LogP contribution < -0.4 is 19.4 Å². The van der Waals surface area contributed by atoms with E-state index in [1.807, 2.05) is 0 Å². The summed E-state index contributed by atoms with van der Waals surface area (Å²) in [4.78, 5) is 85.4. The summed E-state index contributed by atoms with van der Waals surface area (Å²) >= 11 is 6.38. The predicted octanol–water partition coefficient (Wildman–Crippen LogP) is 6.30. The molecule has 2 aliphatic heterocycles. The van der Waals surface area contributed by atoms with Crippen molar-refractivity contribution in [1.29, 1.82) is 0 Å². The summed E-state index contributed by atoms with van der Waals surface area (Å²) in [6.45, 7) is 0. The lowest BCUT2D eigenvalue weighted by Crippen LogP contribution is -2.53. The third kappa shape index (κ3) is 5.32. The molecule has 57 heavy (non-hydrogen) atoms. The van der Waals surface area contributed by atoms with Crippen LogP contribution in [0.3, 0.4) is 0 Å². The number of phenols is 1. The molecule has 2 saturated heterocycles. The molecule has 0 spiro atoms. The standard InChI is InChI=1S/C41H34ClN5O10/c1-43(2)35-30(46(53)54)18-24(19-31(35)47(55)56)44-37(49)26-16-15-25-28(33(26)39(44)51)20-29-38(50)45(23-12-7-11-22(42)17-23)40(52)41(29,21-9-5-4-6-10-21)34(25)27-13-8-14-32(57-3)36(27)48/h4-15,17-19,26,28-29,33-34,48H,16,20H2,1-3H3. The molecule has 6 atom stereocenters. The van der Waals surface area contributed by atoms with Crippen molar-refractivity contribution >= 4 is 63.7 Å². The van der Waals surface area contributed by atoms with Crippen molar-refractivity contribution in [2.24, 2.45) is 23.7 Å². The summed E-state index contributed by atoms with van der Waals surface area (Å²) < 4.78 is 5.50. The van der Waals surface area contributed by atoms with Crippen molar-refractivity contribution < 1.29 is 38.9 Å². The molecule has 4 aliphatic rings. The SMILES string of the molecule is COc1cccc(C2C3=CCC4C(=O)N(c5cc([N+](=O)[O-])c(N(C)C)c([N+](=O)[O-])c5)C(=O)C4C3CC3C(=O)N(c4cccc(Cl)c4)C(=O)C32c2ccccc2)c1O. The van der Waals surface area contributed by atoms with Crippen LogP contribution in [0.4, 0.5) is 28.4 Å². The molecule has 1 N–H and O–H groups in total. The van der Waals surface area contributed by atoms with Crippen molar-refractivity contribution in [2.75, 3.05) is 35.9 Å². The Kier molecular flexibility index (Phi) is 8.87. The third-order valence-electron chi connectivity index (χ3n) is 11.9. The number of methoxy groups -OCH3 is 1. The fourth-order valence-corrected chi connectivity index (χ4v) is 9.92. The second kappa shape index (κ2) is 13.5. The van der Waals surface area contributed by atoms with Gasteiger partial charge in [0.05, 0.1) is 51.5 Å². The van der Waals surface area contributed by atoms with Gasteiger partial charge in [-0.3, -0.25) is 39.4 Å². The van der Waals surface area contributed by atoms with E-state index in [2.05, 4.69) is 0 Å². The van der Waals surface area contributed by atoms with Crippen LogP contribution in [-0.4, -0.2) is 59.8 Å². The molecule has 8 rings (SSSR count). The number of ether oxygens (including phenoxy) is 1. The van der Waals surface area contributed by atoms with E-state index >= 15 is 4.79 Å². The fraction of sp³-hybridized carbons (Fsp3) is 0.268. The van der Waals surface area contributed by atoms with Gasteiger partial charge >= 0.3 is 11.4 Å². The number of nitro benzene ring substituents is 2. The first-order valence-corrected chi connectivity index (χ1v) is 18.4. The predicted molar refractivity (Wildman–Crippen MR) is 207 cm³/mol. The maximum Gasteiger partial charge on any atom is 0.301 e. The van der Waals surface area contributed by atoms with E-state index in [1.54, 1.807) is 72.8 Å². The zero-order chi connectivity index (χ0) is 40.7. The smallest absolute Gasteiger partial charge is 0.301 e. The van der Waals surface area contributed by atoms with Crippen LogP contribution in [0.5, 0.6) is 11.5 Å². The summed E-state index contributed by atoms with van der Waals surface area (Å²) in [5.41, 5.74) is -2.15. The summed E-state index contributed by atoms with van der Waals surface area (Å²) in [7, 11) is 4.19. The van der Waals surface area contributed by atoms with Crippen LogP contribution in [0, 0.1) is 43.9 Å². The Balaban J connectivity index is 1.34. The van der Waals surface area contributed by atoms with E-state index in [4.69, 9.17) is 16.3 Å². The van der Waals surface area contributed by atoms with E-state index in [0.29, 0.717) is 11.1 Å². The number of phenolic OH excluding ortho intramolecular Hbond substituents is 1. The summed E-state index contributed by atoms with van der Waals surface area (Å²) in [5.74, 6) is -7.98. The minimum Gasteiger partial charge on any atom is -0.504 e. The van der Waals surface area contributed by atoms with Gasteiger partial charge in [0.1, 0.15) is 0 Å². The van der Waals surface area contributed by atoms with Gasteiger partial charge in [-0.05, 0) is 48.6 Å². The number of hydrogen-bond acceptors (Lipinski definition) is 11. The first kappa shape index (κ1) is 37.3. The largest absolute Gasteiger partial charge is 0.504 e. The van der Waals surface area contributed by atoms with Gasteiger partial charge in [0.25, 0.3) is 0 Å². The van der Waals surface area contributed by atoms with Crippen molar-refractivity contribution in [3.8, 4) is 11.5 Å². The van der Waals surface area contributed by atoms with Crippen LogP contribution in [0.25, 0.3) is 0 Å². The van der Waals surface area contributed by atoms with Crippen molar-refractivity contribution in [3.05, 3.63) is 133 Å². The monoisotopic (exact) mass is 791 g/mol. The van der Waals surface area contributed by atoms with Crippen LogP contribution in [0.1, 0.15) is 29.9 Å². The Bertz CT molecular complexity index is 2440. The van der Waals surface area contributed by atoms with Crippen LogP contribution in [0.15, 0.2) is 96.6 Å². The normalized spacial score (nSPS) is 25.1. The number of para-hydroxylation sites is 1. The molecule has 2 heterocycles. The van der Waals surface area contributed by atoms with Crippen LogP contribution in [-0.2, 0) is 24.6 Å². The lowest BCUT2D eigenvalue weighted by Gasteiger charge is -2.50. The maximum absolute atomic E-state index is 15.4. The number of aromatic hydroxyl groups is 1. The summed E-state index contributed by atoms with van der Waals surface area (Å²) in [6.07, 6.45) is 1.71. The van der Waals surface area contributed by atoms with Crippen molar-refractivity contribution in [2.45, 2.75) is 24.2 Å². The summed E-state index contributed by atoms with van der Waals surface area (Å²) in [6, 6.07) is 21.9. The zero-order valence-corrected chi connectivity index (χ0v) is 31.5. The lowest BCUT2D eigenvalue weighted by molar-refractivity contribution is -0.392. The van der Waals surface area contributed by atoms with Gasteiger partial charge in [-0.15, -0.1) is 0 Å². The van der Waals surface area contributed by atoms with Gasteiger partial charge in [-0.25, -0.2) is 9.80 Å². The average Bonchev–Trinajstić information content (AvgIpc) is 3.58. The molecule has 0 aromatic heterocycles. The molecule has 4 amide bonds. The quantitative estimate of drug-likeness (QED) is 0.0911. The number of carbonyl (C=O) groups excluding carboxylic acids is 4. The zero-order valence-electron chi connectivity index (χ0n) is 30.7. The van der Waals surface area contributed by atoms with E-state index in [9.17, 15) is 39.7 Å². The molecule has 0 radical (unpaired) electrons. The van der Waals surface area contributed by atoms with Gasteiger partial charge in [0.15, 0.2) is 17.2 Å². The Labute approximate surface area is 330 Å². The number of imide groups is 2. The van der Waals surface area contributed by atoms with Gasteiger partial charge in [-0.2, -0.15) is 0 Å². The maximum atomic E-state index is 15.4. The highest BCUT2D eigenvalue weighted by Crippen LogP contribution is 2.66. The number of benzene rings is 4. The topological polar surface area (TPSA) is 194 Å². The molecule has 1 saturated carbocycles. The molecule has 6 unspecified atom stereocenters. The third-order valence-corrected chi connectivity index (χ3v) is 12.1. The number of nitro groups is 2. The van der Waals surface area contributed by atoms with E-state index < -0.39 is 79.9 Å². The molecule has 15 nitrogen and oxygen atoms in total. The van der Waals surface area contributed by atoms with Gasteiger partial charge < -0.3 is 14.7 Å². The molecule has 2 aliphatic carbocycles. The molecule has 0 bridgehead atoms. The lowest BCUT2D eigenvalue weighted by atomic mass is 9.49. The summed E-state index contributed by atoms with van der Waals surface area (Å²) in [5, 5.41) is 36.6. The molecule has 4 aromatic rings. The number of nitrogens with zero attached hydrogens (tertiary/aromatic N) is 5. The Morgan fingerprint density at radius 1 is 0.825 bits per heavy atom. The van der Waals surface area contributed by atoms with Crippen molar-refractivity contribution in [1.82, 2.24) is 0 Å². The molecule has 4 aromatic carbocycles. The highest BCUT2D eigenvalue weighted by Gasteiger charge is 2.70. The molecule has 3 fully saturated rings. The number of fused-ring (bicyclic) bond motifs is 4. The number of halogens is 1. The Morgan fingerprint density at radius 3 is 2.11 bits per heavy atom. The first-order valence-electron chi connectivity index (χ1n) is 18.0. The number of anilines is 3. The van der Waals surface area contributed by atoms with Crippen LogP contribution >= 0.6 is 11.6 Å². The van der Waals surface area contributed by atoms with Crippen molar-refractivity contribution in [3.63, 3.8) is 0 Å². The number of allylic oxidation sites excluding steroid dienone is 2. The van der Waals surface area contributed by atoms with E-state index in [-0.39, 0.29) is 52.0 Å². The minimum absolute atomic E-state index is 0.00550. The van der Waals surface area contributed by atoms with E-state index in [1.165, 1.54) is 32.2 Å². The molecular formula is C41H34ClN5O10. The van der Waals surface area contributed by atoms with Gasteiger partial charge in [0, 0.05) is 42.7 Å². The fourth-order valence-electron chi connectivity index (χ4n) is 9.74. The second-order valence-corrected chi connectivity index (χ2v) is 15.2. The Morgan fingerprint density at radius 2 is 1.49 bits per heavy atom. The molecule has 290 valence electrons. The van der Waals surface area contributed by atoms with Gasteiger partial charge in [0.2, 0.25) is 23.6 Å². The van der Waals surface area contributed by atoms with E-state index in [0.717, 1.165) is 21.9 Å².